The number of carbonyl (C=O) groups excluding carboxylic acids is 1. The topological polar surface area (TPSA) is 20.3 Å². The Morgan fingerprint density at radius 1 is 1.09 bits per heavy atom. The van der Waals surface area contributed by atoms with Crippen LogP contribution in [0.5, 0.6) is 0 Å². The lowest BCUT2D eigenvalue weighted by atomic mass is 9.67. The van der Waals surface area contributed by atoms with Crippen molar-refractivity contribution < 1.29 is 4.79 Å². The molecule has 114 valence electrons. The van der Waals surface area contributed by atoms with E-state index in [9.17, 15) is 4.79 Å². The summed E-state index contributed by atoms with van der Waals surface area (Å²) in [5, 5.41) is 0. The number of halogens is 1. The van der Waals surface area contributed by atoms with E-state index in [4.69, 9.17) is 0 Å². The molecule has 3 heteroatoms. The molecule has 1 aliphatic heterocycles. The van der Waals surface area contributed by atoms with Gasteiger partial charge in [0.25, 0.3) is 5.91 Å². The maximum absolute atomic E-state index is 12.8. The minimum Gasteiger partial charge on any atom is -0.334 e. The van der Waals surface area contributed by atoms with Crippen molar-refractivity contribution in [2.75, 3.05) is 11.5 Å². The first-order valence-corrected chi connectivity index (χ1v) is 9.16. The fourth-order valence-corrected chi connectivity index (χ4v) is 5.10. The van der Waals surface area contributed by atoms with E-state index in [1.165, 1.54) is 11.1 Å². The summed E-state index contributed by atoms with van der Waals surface area (Å²) in [6, 6.07) is 18.6. The second-order valence-electron chi connectivity index (χ2n) is 5.92. The summed E-state index contributed by atoms with van der Waals surface area (Å²) in [4.78, 5) is 14.8. The molecular weight excluding hydrogens is 385 g/mol. The van der Waals surface area contributed by atoms with Crippen molar-refractivity contribution in [1.82, 2.24) is 4.90 Å². The van der Waals surface area contributed by atoms with Crippen LogP contribution in [-0.2, 0) is 5.41 Å². The number of nitrogens with zero attached hydrogens (tertiary/aromatic N) is 1. The number of benzene rings is 2. The molecule has 0 unspecified atom stereocenters. The van der Waals surface area contributed by atoms with Crippen molar-refractivity contribution in [3.63, 3.8) is 0 Å². The smallest absolute Gasteiger partial charge is 0.254 e. The van der Waals surface area contributed by atoms with Crippen molar-refractivity contribution in [3.05, 3.63) is 71.3 Å². The van der Waals surface area contributed by atoms with E-state index in [-0.39, 0.29) is 17.4 Å². The Kier molecular flexibility index (Phi) is 4.26. The molecule has 2 atom stereocenters. The largest absolute Gasteiger partial charge is 0.334 e. The first kappa shape index (κ1) is 15.5. The summed E-state index contributed by atoms with van der Waals surface area (Å²) in [5.74, 6) is 0.123. The van der Waals surface area contributed by atoms with Crippen LogP contribution >= 0.6 is 22.6 Å². The monoisotopic (exact) mass is 405 g/mol. The first-order chi connectivity index (χ1) is 10.7. The summed E-state index contributed by atoms with van der Waals surface area (Å²) < 4.78 is 0.982. The minimum atomic E-state index is -0.0405. The molecule has 1 aliphatic rings. The van der Waals surface area contributed by atoms with Crippen LogP contribution in [0.1, 0.15) is 40.9 Å². The average Bonchev–Trinajstić information content (AvgIpc) is 2.59. The molecule has 2 nitrogen and oxygen atoms in total. The van der Waals surface area contributed by atoms with E-state index in [0.29, 0.717) is 0 Å². The Balaban J connectivity index is 2.27. The summed E-state index contributed by atoms with van der Waals surface area (Å²) in [7, 11) is 1.94. The van der Waals surface area contributed by atoms with Crippen molar-refractivity contribution in [2.45, 2.75) is 24.8 Å². The molecule has 1 amide bonds. The zero-order valence-corrected chi connectivity index (χ0v) is 15.1. The van der Waals surface area contributed by atoms with Gasteiger partial charge in [-0.15, -0.1) is 0 Å². The molecule has 0 N–H and O–H groups in total. The predicted molar refractivity (Wildman–Crippen MR) is 98.6 cm³/mol. The molecule has 0 aliphatic carbocycles. The third-order valence-corrected chi connectivity index (χ3v) is 6.27. The highest BCUT2D eigenvalue weighted by Gasteiger charge is 2.48. The van der Waals surface area contributed by atoms with E-state index in [0.717, 1.165) is 16.4 Å². The average molecular weight is 405 g/mol. The van der Waals surface area contributed by atoms with Gasteiger partial charge < -0.3 is 4.90 Å². The maximum Gasteiger partial charge on any atom is 0.254 e. The molecule has 2 aromatic rings. The Hall–Kier alpha value is -1.36. The van der Waals surface area contributed by atoms with Crippen molar-refractivity contribution in [1.29, 1.82) is 0 Å². The van der Waals surface area contributed by atoms with Gasteiger partial charge >= 0.3 is 0 Å². The number of amides is 1. The van der Waals surface area contributed by atoms with Gasteiger partial charge in [0.05, 0.1) is 6.04 Å². The van der Waals surface area contributed by atoms with Crippen LogP contribution in [0.4, 0.5) is 0 Å². The maximum atomic E-state index is 12.8. The number of rotatable bonds is 3. The molecule has 1 heterocycles. The SMILES string of the molecule is CC[C@]1(CI)c2ccccc2C(=O)N(C)[C@@H]1c1ccccc1. The fourth-order valence-electron chi connectivity index (χ4n) is 3.73. The minimum absolute atomic E-state index is 0.0405. The molecule has 0 fully saturated rings. The van der Waals surface area contributed by atoms with Crippen LogP contribution in [-0.4, -0.2) is 22.3 Å². The number of hydrogen-bond acceptors (Lipinski definition) is 1. The zero-order chi connectivity index (χ0) is 15.7. The standard InChI is InChI=1S/C19H20INO/c1-3-19(13-20)16-12-8-7-11-15(16)18(22)21(2)17(19)14-9-5-4-6-10-14/h4-12,17H,3,13H2,1-2H3/t17-,19+/m1/s1. The quantitative estimate of drug-likeness (QED) is 0.540. The second kappa shape index (κ2) is 6.03. The molecule has 0 saturated carbocycles. The molecule has 0 radical (unpaired) electrons. The van der Waals surface area contributed by atoms with Gasteiger partial charge in [0, 0.05) is 22.5 Å². The summed E-state index contributed by atoms with van der Waals surface area (Å²) in [6.07, 6.45) is 1.00. The van der Waals surface area contributed by atoms with E-state index < -0.39 is 0 Å². The molecular formula is C19H20INO. The van der Waals surface area contributed by atoms with E-state index >= 15 is 0 Å². The van der Waals surface area contributed by atoms with Gasteiger partial charge in [0.2, 0.25) is 0 Å². The lowest BCUT2D eigenvalue weighted by Crippen LogP contribution is -2.51. The van der Waals surface area contributed by atoms with Gasteiger partial charge in [-0.05, 0) is 23.6 Å². The molecule has 3 rings (SSSR count). The Morgan fingerprint density at radius 2 is 1.73 bits per heavy atom. The van der Waals surface area contributed by atoms with Gasteiger partial charge in [0.15, 0.2) is 0 Å². The van der Waals surface area contributed by atoms with E-state index in [2.05, 4.69) is 65.9 Å². The van der Waals surface area contributed by atoms with Crippen LogP contribution in [0.3, 0.4) is 0 Å². The van der Waals surface area contributed by atoms with E-state index in [1.807, 2.05) is 30.1 Å². The molecule has 0 saturated heterocycles. The lowest BCUT2D eigenvalue weighted by molar-refractivity contribution is 0.0592. The Morgan fingerprint density at radius 3 is 2.36 bits per heavy atom. The molecule has 22 heavy (non-hydrogen) atoms. The molecule has 0 bridgehead atoms. The number of hydrogen-bond donors (Lipinski definition) is 0. The Labute approximate surface area is 145 Å². The van der Waals surface area contributed by atoms with Crippen LogP contribution in [0.2, 0.25) is 0 Å². The number of likely N-dealkylation sites (N-methyl/N-ethyl adjacent to an activating group) is 1. The van der Waals surface area contributed by atoms with Gasteiger partial charge in [-0.2, -0.15) is 0 Å². The molecule has 0 spiro atoms. The number of fused-ring (bicyclic) bond motifs is 1. The van der Waals surface area contributed by atoms with Crippen molar-refractivity contribution in [2.24, 2.45) is 0 Å². The third-order valence-electron chi connectivity index (χ3n) is 4.91. The second-order valence-corrected chi connectivity index (χ2v) is 6.68. The van der Waals surface area contributed by atoms with Crippen LogP contribution in [0.25, 0.3) is 0 Å². The Bertz CT molecular complexity index is 679. The van der Waals surface area contributed by atoms with E-state index in [1.54, 1.807) is 0 Å². The number of carbonyl (C=O) groups is 1. The predicted octanol–water partition coefficient (Wildman–Crippen LogP) is 4.60. The third kappa shape index (κ3) is 2.18. The zero-order valence-electron chi connectivity index (χ0n) is 12.9. The highest BCUT2D eigenvalue weighted by atomic mass is 127. The highest BCUT2D eigenvalue weighted by Crippen LogP contribution is 2.49. The number of alkyl halides is 1. The summed E-state index contributed by atoms with van der Waals surface area (Å²) in [5.41, 5.74) is 3.23. The van der Waals surface area contributed by atoms with Crippen molar-refractivity contribution >= 4 is 28.5 Å². The summed E-state index contributed by atoms with van der Waals surface area (Å²) in [6.45, 7) is 2.23. The normalized spacial score (nSPS) is 24.2. The highest BCUT2D eigenvalue weighted by molar-refractivity contribution is 14.1. The first-order valence-electron chi connectivity index (χ1n) is 7.63. The van der Waals surface area contributed by atoms with Gasteiger partial charge in [-0.25, -0.2) is 0 Å². The van der Waals surface area contributed by atoms with Crippen LogP contribution in [0, 0.1) is 0 Å². The van der Waals surface area contributed by atoms with Gasteiger partial charge in [-0.1, -0.05) is 78.0 Å². The lowest BCUT2D eigenvalue weighted by Gasteiger charge is -2.49. The van der Waals surface area contributed by atoms with Gasteiger partial charge in [-0.3, -0.25) is 4.79 Å². The summed E-state index contributed by atoms with van der Waals surface area (Å²) >= 11 is 2.48. The molecule has 0 aromatic heterocycles. The fraction of sp³-hybridized carbons (Fsp3) is 0.316. The van der Waals surface area contributed by atoms with Crippen molar-refractivity contribution in [3.8, 4) is 0 Å². The molecule has 2 aromatic carbocycles. The van der Waals surface area contributed by atoms with Gasteiger partial charge in [0.1, 0.15) is 0 Å². The van der Waals surface area contributed by atoms with Crippen LogP contribution < -0.4 is 0 Å². The van der Waals surface area contributed by atoms with Crippen LogP contribution in [0.15, 0.2) is 54.6 Å².